The zero-order valence-corrected chi connectivity index (χ0v) is 10.4. The fourth-order valence-corrected chi connectivity index (χ4v) is 2.50. The van der Waals surface area contributed by atoms with Gasteiger partial charge < -0.3 is 4.90 Å². The van der Waals surface area contributed by atoms with Gasteiger partial charge in [-0.25, -0.2) is 0 Å². The van der Waals surface area contributed by atoms with E-state index in [1.54, 1.807) is 0 Å². The van der Waals surface area contributed by atoms with Gasteiger partial charge in [-0.05, 0) is 31.0 Å². The molecule has 0 bridgehead atoms. The highest BCUT2D eigenvalue weighted by Gasteiger charge is 2.20. The molecule has 0 aromatic heterocycles. The van der Waals surface area contributed by atoms with E-state index in [4.69, 9.17) is 23.2 Å². The minimum Gasteiger partial charge on any atom is -0.372 e. The van der Waals surface area contributed by atoms with Crippen LogP contribution in [-0.2, 0) is 0 Å². The lowest BCUT2D eigenvalue weighted by Crippen LogP contribution is -2.28. The molecule has 0 N–H and O–H groups in total. The van der Waals surface area contributed by atoms with Crippen molar-refractivity contribution in [3.8, 4) is 0 Å². The minimum absolute atomic E-state index is 0.625. The Balaban J connectivity index is 2.17. The van der Waals surface area contributed by atoms with E-state index in [0.29, 0.717) is 16.1 Å². The number of halogens is 2. The lowest BCUT2D eigenvalue weighted by Gasteiger charge is -2.26. The smallest absolute Gasteiger partial charge is 0.0612 e. The van der Waals surface area contributed by atoms with Gasteiger partial charge in [0, 0.05) is 18.8 Å². The molecule has 15 heavy (non-hydrogen) atoms. The van der Waals surface area contributed by atoms with E-state index < -0.39 is 0 Å². The molecule has 1 aromatic rings. The first-order valence-corrected chi connectivity index (χ1v) is 6.12. The summed E-state index contributed by atoms with van der Waals surface area (Å²) in [7, 11) is 2.13. The van der Waals surface area contributed by atoms with Gasteiger partial charge in [-0.3, -0.25) is 0 Å². The predicted molar refractivity (Wildman–Crippen MR) is 67.1 cm³/mol. The van der Waals surface area contributed by atoms with E-state index in [1.165, 1.54) is 25.7 Å². The quantitative estimate of drug-likeness (QED) is 0.746. The van der Waals surface area contributed by atoms with E-state index in [-0.39, 0.29) is 0 Å². The predicted octanol–water partition coefficient (Wildman–Crippen LogP) is 4.37. The average molecular weight is 244 g/mol. The molecule has 82 valence electrons. The van der Waals surface area contributed by atoms with Gasteiger partial charge in [-0.1, -0.05) is 36.0 Å². The zero-order chi connectivity index (χ0) is 10.8. The van der Waals surface area contributed by atoms with Crippen LogP contribution in [0.2, 0.25) is 10.0 Å². The van der Waals surface area contributed by atoms with Gasteiger partial charge in [-0.15, -0.1) is 0 Å². The number of hydrogen-bond donors (Lipinski definition) is 0. The van der Waals surface area contributed by atoms with Crippen molar-refractivity contribution < 1.29 is 0 Å². The topological polar surface area (TPSA) is 3.24 Å². The van der Waals surface area contributed by atoms with Gasteiger partial charge in [0.25, 0.3) is 0 Å². The molecule has 1 saturated carbocycles. The van der Waals surface area contributed by atoms with Crippen molar-refractivity contribution in [2.45, 2.75) is 31.7 Å². The van der Waals surface area contributed by atoms with Gasteiger partial charge in [-0.2, -0.15) is 0 Å². The van der Waals surface area contributed by atoms with Gasteiger partial charge in [0.2, 0.25) is 0 Å². The molecule has 1 fully saturated rings. The molecule has 0 heterocycles. The van der Waals surface area contributed by atoms with Crippen LogP contribution in [0.1, 0.15) is 25.7 Å². The summed E-state index contributed by atoms with van der Waals surface area (Å²) in [6.45, 7) is 0. The van der Waals surface area contributed by atoms with E-state index >= 15 is 0 Å². The maximum absolute atomic E-state index is 6.01. The van der Waals surface area contributed by atoms with Crippen LogP contribution in [0.5, 0.6) is 0 Å². The molecule has 1 nitrogen and oxygen atoms in total. The SMILES string of the molecule is CN(c1ccc(Cl)c(Cl)c1)C1CCCC1. The third-order valence-electron chi connectivity index (χ3n) is 3.18. The standard InChI is InChI=1S/C12H15Cl2N/c1-15(9-4-2-3-5-9)10-6-7-11(13)12(14)8-10/h6-9H,2-5H2,1H3. The Bertz CT molecular complexity index is 345. The molecule has 0 aliphatic heterocycles. The lowest BCUT2D eigenvalue weighted by atomic mass is 10.2. The molecule has 1 aliphatic carbocycles. The monoisotopic (exact) mass is 243 g/mol. The van der Waals surface area contributed by atoms with Crippen LogP contribution >= 0.6 is 23.2 Å². The Labute approximate surface area is 101 Å². The van der Waals surface area contributed by atoms with E-state index in [2.05, 4.69) is 11.9 Å². The van der Waals surface area contributed by atoms with Crippen molar-refractivity contribution in [3.63, 3.8) is 0 Å². The van der Waals surface area contributed by atoms with Crippen LogP contribution < -0.4 is 4.90 Å². The average Bonchev–Trinajstić information content (AvgIpc) is 2.74. The third-order valence-corrected chi connectivity index (χ3v) is 3.92. The normalized spacial score (nSPS) is 17.0. The summed E-state index contributed by atoms with van der Waals surface area (Å²) < 4.78 is 0. The Hall–Kier alpha value is -0.400. The first-order chi connectivity index (χ1) is 7.18. The fraction of sp³-hybridized carbons (Fsp3) is 0.500. The number of benzene rings is 1. The maximum atomic E-state index is 6.01. The van der Waals surface area contributed by atoms with E-state index in [9.17, 15) is 0 Å². The number of anilines is 1. The van der Waals surface area contributed by atoms with Crippen molar-refractivity contribution >= 4 is 28.9 Å². The van der Waals surface area contributed by atoms with Crippen molar-refractivity contribution in [3.05, 3.63) is 28.2 Å². The molecular formula is C12H15Cl2N. The van der Waals surface area contributed by atoms with Crippen LogP contribution in [0.25, 0.3) is 0 Å². The summed E-state index contributed by atoms with van der Waals surface area (Å²) in [5.41, 5.74) is 1.16. The van der Waals surface area contributed by atoms with Crippen LogP contribution in [0.15, 0.2) is 18.2 Å². The summed E-state index contributed by atoms with van der Waals surface area (Å²) in [4.78, 5) is 2.31. The minimum atomic E-state index is 0.625. The molecule has 1 aliphatic rings. The van der Waals surface area contributed by atoms with Gasteiger partial charge in [0.15, 0.2) is 0 Å². The zero-order valence-electron chi connectivity index (χ0n) is 8.84. The molecule has 3 heteroatoms. The molecule has 0 spiro atoms. The van der Waals surface area contributed by atoms with Crippen LogP contribution in [0.4, 0.5) is 5.69 Å². The summed E-state index contributed by atoms with van der Waals surface area (Å²) in [5.74, 6) is 0. The Kier molecular flexibility index (Phi) is 3.42. The van der Waals surface area contributed by atoms with Crippen molar-refractivity contribution in [1.82, 2.24) is 0 Å². The number of hydrogen-bond acceptors (Lipinski definition) is 1. The van der Waals surface area contributed by atoms with Crippen LogP contribution in [0, 0.1) is 0 Å². The number of nitrogens with zero attached hydrogens (tertiary/aromatic N) is 1. The molecule has 0 unspecified atom stereocenters. The van der Waals surface area contributed by atoms with Crippen LogP contribution in [0.3, 0.4) is 0 Å². The van der Waals surface area contributed by atoms with Gasteiger partial charge >= 0.3 is 0 Å². The van der Waals surface area contributed by atoms with Crippen molar-refractivity contribution in [2.24, 2.45) is 0 Å². The van der Waals surface area contributed by atoms with Crippen LogP contribution in [-0.4, -0.2) is 13.1 Å². The Morgan fingerprint density at radius 1 is 1.13 bits per heavy atom. The Morgan fingerprint density at radius 2 is 1.80 bits per heavy atom. The lowest BCUT2D eigenvalue weighted by molar-refractivity contribution is 0.653. The highest BCUT2D eigenvalue weighted by atomic mass is 35.5. The molecular weight excluding hydrogens is 229 g/mol. The van der Waals surface area contributed by atoms with Gasteiger partial charge in [0.1, 0.15) is 0 Å². The molecule has 0 atom stereocenters. The second kappa shape index (κ2) is 4.63. The highest BCUT2D eigenvalue weighted by Crippen LogP contribution is 2.31. The summed E-state index contributed by atoms with van der Waals surface area (Å²) in [5, 5.41) is 1.26. The highest BCUT2D eigenvalue weighted by molar-refractivity contribution is 6.42. The summed E-state index contributed by atoms with van der Waals surface area (Å²) in [6.07, 6.45) is 5.26. The van der Waals surface area contributed by atoms with Crippen molar-refractivity contribution in [1.29, 1.82) is 0 Å². The second-order valence-corrected chi connectivity index (χ2v) is 4.96. The first kappa shape index (κ1) is 11.1. The fourth-order valence-electron chi connectivity index (χ4n) is 2.21. The first-order valence-electron chi connectivity index (χ1n) is 5.36. The summed E-state index contributed by atoms with van der Waals surface area (Å²) >= 11 is 11.9. The third kappa shape index (κ3) is 2.40. The number of rotatable bonds is 2. The molecule has 0 amide bonds. The summed E-state index contributed by atoms with van der Waals surface area (Å²) in [6, 6.07) is 6.52. The molecule has 0 radical (unpaired) electrons. The second-order valence-electron chi connectivity index (χ2n) is 4.15. The van der Waals surface area contributed by atoms with Crippen molar-refractivity contribution in [2.75, 3.05) is 11.9 Å². The largest absolute Gasteiger partial charge is 0.372 e. The Morgan fingerprint density at radius 3 is 2.40 bits per heavy atom. The van der Waals surface area contributed by atoms with E-state index in [0.717, 1.165) is 5.69 Å². The maximum Gasteiger partial charge on any atom is 0.0612 e. The van der Waals surface area contributed by atoms with Gasteiger partial charge in [0.05, 0.1) is 10.0 Å². The van der Waals surface area contributed by atoms with E-state index in [1.807, 2.05) is 18.2 Å². The molecule has 2 rings (SSSR count). The molecule has 1 aromatic carbocycles. The molecule has 0 saturated heterocycles.